The van der Waals surface area contributed by atoms with Crippen molar-refractivity contribution in [2.24, 2.45) is 0 Å². The Morgan fingerprint density at radius 2 is 1.66 bits per heavy atom. The molecule has 2 aromatic carbocycles. The van der Waals surface area contributed by atoms with Crippen LogP contribution >= 0.6 is 0 Å². The SMILES string of the molecule is CNS(=O)(=O)c1ccc(CCC(=O)N2CC(c3ccccc3)C(c3cn(C(C)C)nc3C(C)(C)C)C2)cc1. The molecule has 1 amide bonds. The van der Waals surface area contributed by atoms with Gasteiger partial charge in [0, 0.05) is 49.0 Å². The van der Waals surface area contributed by atoms with Crippen LogP contribution in [-0.2, 0) is 26.7 Å². The Morgan fingerprint density at radius 1 is 1.03 bits per heavy atom. The molecule has 204 valence electrons. The van der Waals surface area contributed by atoms with Crippen molar-refractivity contribution < 1.29 is 13.2 Å². The van der Waals surface area contributed by atoms with Crippen LogP contribution in [0.3, 0.4) is 0 Å². The summed E-state index contributed by atoms with van der Waals surface area (Å²) in [4.78, 5) is 15.7. The largest absolute Gasteiger partial charge is 0.341 e. The molecule has 0 saturated carbocycles. The molecule has 8 heteroatoms. The molecule has 3 aromatic rings. The normalized spacial score (nSPS) is 18.3. The van der Waals surface area contributed by atoms with Gasteiger partial charge < -0.3 is 4.90 Å². The maximum atomic E-state index is 13.4. The molecule has 0 bridgehead atoms. The molecule has 2 atom stereocenters. The van der Waals surface area contributed by atoms with Crippen LogP contribution in [0.5, 0.6) is 0 Å². The Balaban J connectivity index is 1.56. The van der Waals surface area contributed by atoms with Crippen molar-refractivity contribution in [2.45, 2.75) is 75.6 Å². The van der Waals surface area contributed by atoms with Crippen LogP contribution in [0.4, 0.5) is 0 Å². The lowest BCUT2D eigenvalue weighted by Gasteiger charge is -2.23. The summed E-state index contributed by atoms with van der Waals surface area (Å²) >= 11 is 0. The van der Waals surface area contributed by atoms with Gasteiger partial charge in [0.1, 0.15) is 0 Å². The summed E-state index contributed by atoms with van der Waals surface area (Å²) < 4.78 is 28.4. The molecule has 1 aromatic heterocycles. The van der Waals surface area contributed by atoms with E-state index in [1.165, 1.54) is 18.2 Å². The highest BCUT2D eigenvalue weighted by molar-refractivity contribution is 7.89. The maximum Gasteiger partial charge on any atom is 0.240 e. The van der Waals surface area contributed by atoms with E-state index in [4.69, 9.17) is 5.10 Å². The number of nitrogens with one attached hydrogen (secondary N) is 1. The van der Waals surface area contributed by atoms with Crippen molar-refractivity contribution in [2.75, 3.05) is 20.1 Å². The molecule has 4 rings (SSSR count). The van der Waals surface area contributed by atoms with Crippen molar-refractivity contribution in [1.29, 1.82) is 0 Å². The number of carbonyl (C=O) groups is 1. The van der Waals surface area contributed by atoms with Gasteiger partial charge in [0.05, 0.1) is 10.6 Å². The molecule has 0 aliphatic carbocycles. The Bertz CT molecular complexity index is 1360. The number of sulfonamides is 1. The van der Waals surface area contributed by atoms with Gasteiger partial charge in [-0.1, -0.05) is 63.2 Å². The first-order valence-corrected chi connectivity index (χ1v) is 14.8. The highest BCUT2D eigenvalue weighted by atomic mass is 32.2. The Hall–Kier alpha value is -2.97. The van der Waals surface area contributed by atoms with E-state index in [0.717, 1.165) is 11.3 Å². The zero-order chi connectivity index (χ0) is 27.7. The van der Waals surface area contributed by atoms with Gasteiger partial charge in [-0.3, -0.25) is 9.48 Å². The number of hydrogen-bond donors (Lipinski definition) is 1. The first kappa shape index (κ1) is 28.0. The predicted molar refractivity (Wildman–Crippen MR) is 151 cm³/mol. The highest BCUT2D eigenvalue weighted by Crippen LogP contribution is 2.43. The zero-order valence-corrected chi connectivity index (χ0v) is 24.1. The van der Waals surface area contributed by atoms with E-state index in [9.17, 15) is 13.2 Å². The number of aromatic nitrogens is 2. The Morgan fingerprint density at radius 3 is 2.24 bits per heavy atom. The third-order valence-corrected chi connectivity index (χ3v) is 8.86. The molecule has 38 heavy (non-hydrogen) atoms. The van der Waals surface area contributed by atoms with Crippen molar-refractivity contribution in [3.63, 3.8) is 0 Å². The minimum absolute atomic E-state index is 0.110. The fraction of sp³-hybridized carbons (Fsp3) is 0.467. The zero-order valence-electron chi connectivity index (χ0n) is 23.3. The number of amides is 1. The van der Waals surface area contributed by atoms with E-state index in [0.29, 0.717) is 25.9 Å². The fourth-order valence-corrected chi connectivity index (χ4v) is 5.98. The van der Waals surface area contributed by atoms with Crippen molar-refractivity contribution in [3.05, 3.63) is 83.2 Å². The maximum absolute atomic E-state index is 13.4. The summed E-state index contributed by atoms with van der Waals surface area (Å²) in [6, 6.07) is 17.5. The number of benzene rings is 2. The molecule has 1 fully saturated rings. The van der Waals surface area contributed by atoms with Crippen LogP contribution in [-0.4, -0.2) is 49.1 Å². The quantitative estimate of drug-likeness (QED) is 0.439. The van der Waals surface area contributed by atoms with E-state index >= 15 is 0 Å². The average Bonchev–Trinajstić information content (AvgIpc) is 3.53. The number of likely N-dealkylation sites (tertiary alicyclic amines) is 1. The molecule has 0 spiro atoms. The smallest absolute Gasteiger partial charge is 0.240 e. The monoisotopic (exact) mass is 536 g/mol. The molecule has 1 saturated heterocycles. The molecule has 1 aliphatic heterocycles. The summed E-state index contributed by atoms with van der Waals surface area (Å²) in [5.74, 6) is 0.472. The van der Waals surface area contributed by atoms with Gasteiger partial charge in [-0.25, -0.2) is 13.1 Å². The van der Waals surface area contributed by atoms with Gasteiger partial charge in [0.15, 0.2) is 0 Å². The predicted octanol–water partition coefficient (Wildman–Crippen LogP) is 5.01. The van der Waals surface area contributed by atoms with E-state index in [1.54, 1.807) is 24.3 Å². The van der Waals surface area contributed by atoms with Crippen LogP contribution in [0.25, 0.3) is 0 Å². The average molecular weight is 537 g/mol. The summed E-state index contributed by atoms with van der Waals surface area (Å²) in [5.41, 5.74) is 4.41. The molecule has 1 N–H and O–H groups in total. The lowest BCUT2D eigenvalue weighted by atomic mass is 9.79. The minimum Gasteiger partial charge on any atom is -0.341 e. The van der Waals surface area contributed by atoms with E-state index in [2.05, 4.69) is 74.5 Å². The fourth-order valence-electron chi connectivity index (χ4n) is 5.25. The molecule has 1 aliphatic rings. The number of carbonyl (C=O) groups excluding carboxylic acids is 1. The van der Waals surface area contributed by atoms with E-state index < -0.39 is 10.0 Å². The number of nitrogens with zero attached hydrogens (tertiary/aromatic N) is 3. The minimum atomic E-state index is -3.47. The molecule has 0 radical (unpaired) electrons. The molecule has 7 nitrogen and oxygen atoms in total. The lowest BCUT2D eigenvalue weighted by Crippen LogP contribution is -2.29. The number of rotatable bonds is 8. The van der Waals surface area contributed by atoms with Crippen LogP contribution < -0.4 is 4.72 Å². The first-order valence-electron chi connectivity index (χ1n) is 13.4. The van der Waals surface area contributed by atoms with Gasteiger partial charge in [-0.2, -0.15) is 5.10 Å². The highest BCUT2D eigenvalue weighted by Gasteiger charge is 2.40. The van der Waals surface area contributed by atoms with Crippen molar-refractivity contribution >= 4 is 15.9 Å². The van der Waals surface area contributed by atoms with E-state index in [1.807, 2.05) is 11.0 Å². The van der Waals surface area contributed by atoms with Gasteiger partial charge in [0.2, 0.25) is 15.9 Å². The second kappa shape index (κ2) is 11.0. The van der Waals surface area contributed by atoms with Crippen molar-refractivity contribution in [1.82, 2.24) is 19.4 Å². The van der Waals surface area contributed by atoms with Gasteiger partial charge in [0.25, 0.3) is 0 Å². The first-order chi connectivity index (χ1) is 17.9. The number of hydrogen-bond acceptors (Lipinski definition) is 4. The van der Waals surface area contributed by atoms with E-state index in [-0.39, 0.29) is 34.1 Å². The third kappa shape index (κ3) is 6.02. The third-order valence-electron chi connectivity index (χ3n) is 7.43. The summed E-state index contributed by atoms with van der Waals surface area (Å²) in [6.07, 6.45) is 3.14. The van der Waals surface area contributed by atoms with Crippen LogP contribution in [0.15, 0.2) is 65.7 Å². The molecule has 2 unspecified atom stereocenters. The Labute approximate surface area is 227 Å². The molecular weight excluding hydrogens is 496 g/mol. The van der Waals surface area contributed by atoms with Crippen molar-refractivity contribution in [3.8, 4) is 0 Å². The van der Waals surface area contributed by atoms with Gasteiger partial charge in [-0.05, 0) is 56.1 Å². The lowest BCUT2D eigenvalue weighted by molar-refractivity contribution is -0.130. The standard InChI is InChI=1S/C30H40N4O3S/c1-21(2)34-20-27(29(32-34)30(3,4)5)26-19-33(18-25(26)23-10-8-7-9-11-23)28(35)17-14-22-12-15-24(16-13-22)38(36,37)31-6/h7-13,15-16,20-21,25-26,31H,14,17-19H2,1-6H3. The number of aryl methyl sites for hydroxylation is 1. The second-order valence-corrected chi connectivity index (χ2v) is 13.4. The van der Waals surface area contributed by atoms with Gasteiger partial charge >= 0.3 is 0 Å². The van der Waals surface area contributed by atoms with Crippen LogP contribution in [0.2, 0.25) is 0 Å². The van der Waals surface area contributed by atoms with Crippen LogP contribution in [0, 0.1) is 0 Å². The summed E-state index contributed by atoms with van der Waals surface area (Å²) in [6.45, 7) is 12.2. The second-order valence-electron chi connectivity index (χ2n) is 11.5. The molecule has 2 heterocycles. The molecular formula is C30H40N4O3S. The van der Waals surface area contributed by atoms with Gasteiger partial charge in [-0.15, -0.1) is 0 Å². The van der Waals surface area contributed by atoms with Crippen LogP contribution in [0.1, 0.15) is 81.3 Å². The summed E-state index contributed by atoms with van der Waals surface area (Å²) in [7, 11) is -2.08. The topological polar surface area (TPSA) is 84.3 Å². The Kier molecular flexibility index (Phi) is 8.14. The summed E-state index contributed by atoms with van der Waals surface area (Å²) in [5, 5.41) is 5.00.